The lowest BCUT2D eigenvalue weighted by Crippen LogP contribution is -2.20. The summed E-state index contributed by atoms with van der Waals surface area (Å²) in [6.07, 6.45) is 1.95. The molecule has 23 heavy (non-hydrogen) atoms. The van der Waals surface area contributed by atoms with Gasteiger partial charge in [-0.05, 0) is 36.8 Å². The van der Waals surface area contributed by atoms with Gasteiger partial charge in [-0.2, -0.15) is 18.4 Å². The van der Waals surface area contributed by atoms with Crippen LogP contribution >= 0.6 is 0 Å². The summed E-state index contributed by atoms with van der Waals surface area (Å²) in [5.41, 5.74) is 2.04. The lowest BCUT2D eigenvalue weighted by molar-refractivity contribution is 0.584. The summed E-state index contributed by atoms with van der Waals surface area (Å²) in [6, 6.07) is 12.1. The van der Waals surface area contributed by atoms with Crippen LogP contribution in [0.15, 0.2) is 71.2 Å². The number of benzene rings is 2. The van der Waals surface area contributed by atoms with E-state index in [4.69, 9.17) is 0 Å². The van der Waals surface area contributed by atoms with Gasteiger partial charge in [-0.25, -0.2) is 4.39 Å². The lowest BCUT2D eigenvalue weighted by atomic mass is 10.1. The van der Waals surface area contributed by atoms with Crippen LogP contribution < -0.4 is 4.83 Å². The predicted octanol–water partition coefficient (Wildman–Crippen LogP) is 3.39. The molecule has 1 N–H and O–H groups in total. The van der Waals surface area contributed by atoms with E-state index in [0.717, 1.165) is 5.56 Å². The summed E-state index contributed by atoms with van der Waals surface area (Å²) in [7, 11) is -3.75. The van der Waals surface area contributed by atoms with E-state index in [2.05, 4.69) is 16.5 Å². The van der Waals surface area contributed by atoms with E-state index in [9.17, 15) is 12.8 Å². The van der Waals surface area contributed by atoms with Crippen LogP contribution in [0.2, 0.25) is 0 Å². The smallest absolute Gasteiger partial charge is 0.207 e. The number of hydrogen-bond donors (Lipinski definition) is 1. The van der Waals surface area contributed by atoms with Crippen molar-refractivity contribution in [3.05, 3.63) is 78.1 Å². The molecule has 0 amide bonds. The van der Waals surface area contributed by atoms with E-state index < -0.39 is 10.0 Å². The highest BCUT2D eigenvalue weighted by atomic mass is 32.2. The highest BCUT2D eigenvalue weighted by Crippen LogP contribution is 2.11. The summed E-state index contributed by atoms with van der Waals surface area (Å²) in [5.74, 6) is -0.369. The largest absolute Gasteiger partial charge is 0.276 e. The zero-order chi connectivity index (χ0) is 16.9. The summed E-state index contributed by atoms with van der Waals surface area (Å²) >= 11 is 0. The first kappa shape index (κ1) is 16.9. The van der Waals surface area contributed by atoms with Crippen LogP contribution in [0.5, 0.6) is 0 Å². The molecule has 2 aromatic rings. The molecule has 0 atom stereocenters. The fraction of sp³-hybridized carbons (Fsp3) is 0.118. The first-order valence-corrected chi connectivity index (χ1v) is 8.42. The molecule has 0 bridgehead atoms. The summed E-state index contributed by atoms with van der Waals surface area (Å²) < 4.78 is 37.5. The van der Waals surface area contributed by atoms with Gasteiger partial charge in [0.2, 0.25) is 0 Å². The first-order valence-electron chi connectivity index (χ1n) is 6.94. The van der Waals surface area contributed by atoms with Crippen LogP contribution in [-0.2, 0) is 10.0 Å². The number of hydrazone groups is 1. The number of sulfonamides is 1. The molecule has 120 valence electrons. The summed E-state index contributed by atoms with van der Waals surface area (Å²) in [6.45, 7) is 5.50. The van der Waals surface area contributed by atoms with E-state index >= 15 is 0 Å². The summed E-state index contributed by atoms with van der Waals surface area (Å²) in [4.78, 5) is 2.34. The van der Waals surface area contributed by atoms with Crippen LogP contribution in [0, 0.1) is 12.7 Å². The molecule has 0 saturated heterocycles. The van der Waals surface area contributed by atoms with Crippen molar-refractivity contribution >= 4 is 15.7 Å². The van der Waals surface area contributed by atoms with E-state index in [1.54, 1.807) is 18.2 Å². The van der Waals surface area contributed by atoms with E-state index in [0.29, 0.717) is 17.7 Å². The second kappa shape index (κ2) is 7.19. The molecule has 0 aliphatic heterocycles. The van der Waals surface area contributed by atoms with Gasteiger partial charge < -0.3 is 0 Å². The Labute approximate surface area is 135 Å². The zero-order valence-corrected chi connectivity index (χ0v) is 13.5. The van der Waals surface area contributed by atoms with Crippen LogP contribution in [0.4, 0.5) is 4.39 Å². The molecule has 0 saturated carbocycles. The number of nitrogens with one attached hydrogen (secondary N) is 1. The quantitative estimate of drug-likeness (QED) is 0.501. The maximum absolute atomic E-state index is 13.0. The standard InChI is InChI=1S/C17H17FN2O2S/c1-3-4-17(14-7-9-15(18)10-8-14)19-20-23(21,22)16-11-5-13(2)6-12-16/h3,5-12,20H,1,4H2,2H3/b19-17+. The maximum atomic E-state index is 13.0. The van der Waals surface area contributed by atoms with Gasteiger partial charge in [0.1, 0.15) is 5.82 Å². The molecule has 2 rings (SSSR count). The third-order valence-electron chi connectivity index (χ3n) is 3.15. The number of halogens is 1. The highest BCUT2D eigenvalue weighted by molar-refractivity contribution is 7.89. The molecule has 6 heteroatoms. The Balaban J connectivity index is 2.27. The van der Waals surface area contributed by atoms with Gasteiger partial charge in [-0.15, -0.1) is 6.58 Å². The second-order valence-electron chi connectivity index (χ2n) is 4.97. The van der Waals surface area contributed by atoms with Crippen LogP contribution in [0.1, 0.15) is 17.5 Å². The Morgan fingerprint density at radius 1 is 1.17 bits per heavy atom. The minimum absolute atomic E-state index is 0.129. The van der Waals surface area contributed by atoms with Crippen molar-refractivity contribution in [3.8, 4) is 0 Å². The Kier molecular flexibility index (Phi) is 5.28. The Hall–Kier alpha value is -2.47. The molecule has 0 aliphatic rings. The summed E-state index contributed by atoms with van der Waals surface area (Å²) in [5, 5.41) is 3.97. The molecule has 0 fully saturated rings. The third kappa shape index (κ3) is 4.50. The number of aryl methyl sites for hydroxylation is 1. The Morgan fingerprint density at radius 2 is 1.78 bits per heavy atom. The van der Waals surface area contributed by atoms with E-state index in [-0.39, 0.29) is 10.7 Å². The fourth-order valence-electron chi connectivity index (χ4n) is 1.89. The molecule has 0 aliphatic carbocycles. The molecule has 0 unspecified atom stereocenters. The van der Waals surface area contributed by atoms with Crippen LogP contribution in [0.3, 0.4) is 0 Å². The van der Waals surface area contributed by atoms with Crippen molar-refractivity contribution in [1.29, 1.82) is 0 Å². The third-order valence-corrected chi connectivity index (χ3v) is 4.37. The van der Waals surface area contributed by atoms with Gasteiger partial charge in [0, 0.05) is 6.42 Å². The number of rotatable bonds is 6. The van der Waals surface area contributed by atoms with Crippen molar-refractivity contribution in [3.63, 3.8) is 0 Å². The molecular weight excluding hydrogens is 315 g/mol. The number of nitrogens with zero attached hydrogens (tertiary/aromatic N) is 1. The van der Waals surface area contributed by atoms with Crippen molar-refractivity contribution in [2.45, 2.75) is 18.2 Å². The minimum Gasteiger partial charge on any atom is -0.207 e. The van der Waals surface area contributed by atoms with Gasteiger partial charge >= 0.3 is 0 Å². The monoisotopic (exact) mass is 332 g/mol. The normalized spacial score (nSPS) is 12.0. The fourth-order valence-corrected chi connectivity index (χ4v) is 2.72. The second-order valence-corrected chi connectivity index (χ2v) is 6.63. The Bertz CT molecular complexity index is 811. The van der Waals surface area contributed by atoms with Crippen molar-refractivity contribution < 1.29 is 12.8 Å². The maximum Gasteiger partial charge on any atom is 0.276 e. The van der Waals surface area contributed by atoms with Gasteiger partial charge in [0.15, 0.2) is 0 Å². The molecule has 0 aromatic heterocycles. The average Bonchev–Trinajstić information content (AvgIpc) is 2.53. The van der Waals surface area contributed by atoms with Crippen LogP contribution in [0.25, 0.3) is 0 Å². The van der Waals surface area contributed by atoms with E-state index in [1.807, 2.05) is 6.92 Å². The first-order chi connectivity index (χ1) is 10.9. The molecule has 0 radical (unpaired) electrons. The van der Waals surface area contributed by atoms with Crippen LogP contribution in [-0.4, -0.2) is 14.1 Å². The van der Waals surface area contributed by atoms with Crippen molar-refractivity contribution in [1.82, 2.24) is 4.83 Å². The average molecular weight is 332 g/mol. The van der Waals surface area contributed by atoms with Gasteiger partial charge in [-0.1, -0.05) is 35.9 Å². The Morgan fingerprint density at radius 3 is 2.35 bits per heavy atom. The molecule has 0 heterocycles. The predicted molar refractivity (Wildman–Crippen MR) is 89.3 cm³/mol. The van der Waals surface area contributed by atoms with E-state index in [1.165, 1.54) is 36.4 Å². The highest BCUT2D eigenvalue weighted by Gasteiger charge is 2.13. The van der Waals surface area contributed by atoms with Gasteiger partial charge in [0.05, 0.1) is 10.6 Å². The zero-order valence-electron chi connectivity index (χ0n) is 12.7. The topological polar surface area (TPSA) is 58.5 Å². The number of allylic oxidation sites excluding steroid dienone is 1. The van der Waals surface area contributed by atoms with Crippen molar-refractivity contribution in [2.24, 2.45) is 5.10 Å². The SMILES string of the molecule is C=CC/C(=N\NS(=O)(=O)c1ccc(C)cc1)c1ccc(F)cc1. The lowest BCUT2D eigenvalue weighted by Gasteiger charge is -2.07. The molecular formula is C17H17FN2O2S. The van der Waals surface area contributed by atoms with Gasteiger partial charge in [0.25, 0.3) is 10.0 Å². The molecule has 2 aromatic carbocycles. The van der Waals surface area contributed by atoms with Crippen molar-refractivity contribution in [2.75, 3.05) is 0 Å². The molecule has 4 nitrogen and oxygen atoms in total. The minimum atomic E-state index is -3.75. The number of hydrogen-bond acceptors (Lipinski definition) is 3. The van der Waals surface area contributed by atoms with Gasteiger partial charge in [-0.3, -0.25) is 0 Å². The molecule has 0 spiro atoms.